The topological polar surface area (TPSA) is 52.5 Å². The summed E-state index contributed by atoms with van der Waals surface area (Å²) in [6, 6.07) is 0.148. The van der Waals surface area contributed by atoms with Crippen molar-refractivity contribution in [3.05, 3.63) is 17.8 Å². The van der Waals surface area contributed by atoms with E-state index in [-0.39, 0.29) is 11.9 Å². The van der Waals surface area contributed by atoms with Gasteiger partial charge in [-0.2, -0.15) is 0 Å². The fraction of sp³-hybridized carbons (Fsp3) is 0.733. The quantitative estimate of drug-likeness (QED) is 0.911. The van der Waals surface area contributed by atoms with Crippen LogP contribution in [0.1, 0.15) is 33.4 Å². The summed E-state index contributed by atoms with van der Waals surface area (Å²) in [5, 5.41) is 9.92. The average molecular weight is 296 g/mol. The van der Waals surface area contributed by atoms with E-state index in [9.17, 15) is 9.50 Å². The highest BCUT2D eigenvalue weighted by molar-refractivity contribution is 5.42. The zero-order valence-electron chi connectivity index (χ0n) is 13.3. The van der Waals surface area contributed by atoms with Gasteiger partial charge >= 0.3 is 0 Å². The SMILES string of the molecule is CCc1ncnc(N2CCN(CC(C)(C)O)CC2C)c1F. The van der Waals surface area contributed by atoms with E-state index in [0.717, 1.165) is 13.1 Å². The van der Waals surface area contributed by atoms with Crippen molar-refractivity contribution in [2.24, 2.45) is 0 Å². The molecular formula is C15H25FN4O. The number of aromatic nitrogens is 2. The molecule has 0 radical (unpaired) electrons. The maximum absolute atomic E-state index is 14.4. The molecule has 1 unspecified atom stereocenters. The van der Waals surface area contributed by atoms with E-state index < -0.39 is 5.60 Å². The third-order valence-electron chi connectivity index (χ3n) is 3.77. The fourth-order valence-corrected chi connectivity index (χ4v) is 2.88. The highest BCUT2D eigenvalue weighted by Crippen LogP contribution is 2.23. The molecule has 0 saturated carbocycles. The molecule has 5 nitrogen and oxygen atoms in total. The Balaban J connectivity index is 2.11. The van der Waals surface area contributed by atoms with Crippen molar-refractivity contribution in [2.45, 2.75) is 45.8 Å². The number of hydrogen-bond acceptors (Lipinski definition) is 5. The smallest absolute Gasteiger partial charge is 0.187 e. The zero-order chi connectivity index (χ0) is 15.6. The predicted molar refractivity (Wildman–Crippen MR) is 80.9 cm³/mol. The highest BCUT2D eigenvalue weighted by Gasteiger charge is 2.29. The molecule has 1 aromatic heterocycles. The molecule has 0 aliphatic carbocycles. The van der Waals surface area contributed by atoms with E-state index in [1.165, 1.54) is 6.33 Å². The first kappa shape index (κ1) is 16.1. The summed E-state index contributed by atoms with van der Waals surface area (Å²) in [6.07, 6.45) is 2.00. The second-order valence-corrected chi connectivity index (χ2v) is 6.40. The Bertz CT molecular complexity index is 489. The number of anilines is 1. The molecular weight excluding hydrogens is 271 g/mol. The summed E-state index contributed by atoms with van der Waals surface area (Å²) in [5.41, 5.74) is -0.247. The first-order valence-electron chi connectivity index (χ1n) is 7.52. The molecule has 0 amide bonds. The van der Waals surface area contributed by atoms with Gasteiger partial charge in [0, 0.05) is 32.2 Å². The first-order chi connectivity index (χ1) is 9.81. The van der Waals surface area contributed by atoms with E-state index in [1.54, 1.807) is 0 Å². The predicted octanol–water partition coefficient (Wildman–Crippen LogP) is 1.46. The van der Waals surface area contributed by atoms with E-state index in [4.69, 9.17) is 0 Å². The van der Waals surface area contributed by atoms with E-state index >= 15 is 0 Å². The minimum atomic E-state index is -0.711. The van der Waals surface area contributed by atoms with Gasteiger partial charge in [0.2, 0.25) is 0 Å². The Morgan fingerprint density at radius 1 is 1.38 bits per heavy atom. The van der Waals surface area contributed by atoms with Crippen LogP contribution in [0.2, 0.25) is 0 Å². The fourth-order valence-electron chi connectivity index (χ4n) is 2.88. The molecule has 0 bridgehead atoms. The van der Waals surface area contributed by atoms with Crippen molar-refractivity contribution in [1.82, 2.24) is 14.9 Å². The van der Waals surface area contributed by atoms with Gasteiger partial charge in [0.15, 0.2) is 11.6 Å². The molecule has 1 N–H and O–H groups in total. The zero-order valence-corrected chi connectivity index (χ0v) is 13.3. The monoisotopic (exact) mass is 296 g/mol. The normalized spacial score (nSPS) is 20.9. The number of hydrogen-bond donors (Lipinski definition) is 1. The Kier molecular flexibility index (Phi) is 4.78. The molecule has 1 aromatic rings. The summed E-state index contributed by atoms with van der Waals surface area (Å²) in [6.45, 7) is 10.5. The Labute approximate surface area is 125 Å². The molecule has 118 valence electrons. The lowest BCUT2D eigenvalue weighted by molar-refractivity contribution is 0.0307. The second-order valence-electron chi connectivity index (χ2n) is 6.40. The van der Waals surface area contributed by atoms with E-state index in [1.807, 2.05) is 25.7 Å². The van der Waals surface area contributed by atoms with Crippen LogP contribution in [-0.4, -0.2) is 57.8 Å². The molecule has 1 aliphatic rings. The molecule has 6 heteroatoms. The minimum Gasteiger partial charge on any atom is -0.389 e. The summed E-state index contributed by atoms with van der Waals surface area (Å²) < 4.78 is 14.4. The minimum absolute atomic E-state index is 0.148. The molecule has 1 aliphatic heterocycles. The number of β-amino-alcohol motifs (C(OH)–C–C–N with tert-alkyl or cyclic N) is 1. The maximum Gasteiger partial charge on any atom is 0.187 e. The van der Waals surface area contributed by atoms with Crippen LogP contribution >= 0.6 is 0 Å². The summed E-state index contributed by atoms with van der Waals surface area (Å²) in [5.74, 6) is 0.0973. The lowest BCUT2D eigenvalue weighted by Gasteiger charge is -2.42. The van der Waals surface area contributed by atoms with Crippen LogP contribution in [0.4, 0.5) is 10.2 Å². The van der Waals surface area contributed by atoms with Crippen molar-refractivity contribution in [1.29, 1.82) is 0 Å². The number of nitrogens with zero attached hydrogens (tertiary/aromatic N) is 4. The van der Waals surface area contributed by atoms with Crippen molar-refractivity contribution >= 4 is 5.82 Å². The number of aryl methyl sites for hydroxylation is 1. The summed E-state index contributed by atoms with van der Waals surface area (Å²) in [7, 11) is 0. The standard InChI is InChI=1S/C15H25FN4O/c1-5-12-13(16)14(18-10-17-12)20-7-6-19(8-11(20)2)9-15(3,4)21/h10-11,21H,5-9H2,1-4H3. The van der Waals surface area contributed by atoms with Crippen LogP contribution in [0.3, 0.4) is 0 Å². The maximum atomic E-state index is 14.4. The Morgan fingerprint density at radius 3 is 2.67 bits per heavy atom. The van der Waals surface area contributed by atoms with Gasteiger partial charge in [0.05, 0.1) is 11.3 Å². The van der Waals surface area contributed by atoms with E-state index in [2.05, 4.69) is 21.8 Å². The molecule has 1 fully saturated rings. The van der Waals surface area contributed by atoms with Crippen molar-refractivity contribution in [2.75, 3.05) is 31.1 Å². The van der Waals surface area contributed by atoms with Gasteiger partial charge in [-0.25, -0.2) is 14.4 Å². The van der Waals surface area contributed by atoms with Gasteiger partial charge in [-0.3, -0.25) is 4.90 Å². The van der Waals surface area contributed by atoms with Crippen molar-refractivity contribution in [3.8, 4) is 0 Å². The third kappa shape index (κ3) is 3.89. The lowest BCUT2D eigenvalue weighted by atomic mass is 10.1. The van der Waals surface area contributed by atoms with Gasteiger partial charge in [-0.05, 0) is 27.2 Å². The van der Waals surface area contributed by atoms with Gasteiger partial charge in [-0.1, -0.05) is 6.92 Å². The molecule has 0 spiro atoms. The van der Waals surface area contributed by atoms with Crippen LogP contribution < -0.4 is 4.90 Å². The number of halogens is 1. The molecule has 2 heterocycles. The molecule has 2 rings (SSSR count). The van der Waals surface area contributed by atoms with Crippen molar-refractivity contribution < 1.29 is 9.50 Å². The van der Waals surface area contributed by atoms with Crippen LogP contribution in [0.25, 0.3) is 0 Å². The lowest BCUT2D eigenvalue weighted by Crippen LogP contribution is -2.55. The average Bonchev–Trinajstić information content (AvgIpc) is 2.38. The molecule has 1 saturated heterocycles. The first-order valence-corrected chi connectivity index (χ1v) is 7.52. The van der Waals surface area contributed by atoms with Crippen molar-refractivity contribution in [3.63, 3.8) is 0 Å². The Hall–Kier alpha value is -1.27. The number of rotatable bonds is 4. The summed E-state index contributed by atoms with van der Waals surface area (Å²) in [4.78, 5) is 12.3. The Morgan fingerprint density at radius 2 is 2.10 bits per heavy atom. The molecule has 21 heavy (non-hydrogen) atoms. The third-order valence-corrected chi connectivity index (χ3v) is 3.77. The van der Waals surface area contributed by atoms with Gasteiger partial charge in [0.1, 0.15) is 6.33 Å². The van der Waals surface area contributed by atoms with E-state index in [0.29, 0.717) is 31.0 Å². The second kappa shape index (κ2) is 6.23. The van der Waals surface area contributed by atoms with Gasteiger partial charge in [0.25, 0.3) is 0 Å². The van der Waals surface area contributed by atoms with Crippen LogP contribution in [0.5, 0.6) is 0 Å². The number of piperazine rings is 1. The van der Waals surface area contributed by atoms with Crippen LogP contribution in [-0.2, 0) is 6.42 Å². The number of aliphatic hydroxyl groups is 1. The van der Waals surface area contributed by atoms with Crippen LogP contribution in [0.15, 0.2) is 6.33 Å². The largest absolute Gasteiger partial charge is 0.389 e. The summed E-state index contributed by atoms with van der Waals surface area (Å²) >= 11 is 0. The van der Waals surface area contributed by atoms with Crippen LogP contribution in [0, 0.1) is 5.82 Å². The van der Waals surface area contributed by atoms with Gasteiger partial charge in [-0.15, -0.1) is 0 Å². The highest BCUT2D eigenvalue weighted by atomic mass is 19.1. The molecule has 1 atom stereocenters. The molecule has 0 aromatic carbocycles. The van der Waals surface area contributed by atoms with Gasteiger partial charge < -0.3 is 10.0 Å².